The van der Waals surface area contributed by atoms with Crippen LogP contribution in [0.3, 0.4) is 0 Å². The topological polar surface area (TPSA) is 39.1 Å². The Morgan fingerprint density at radius 1 is 1.12 bits per heavy atom. The summed E-state index contributed by atoms with van der Waals surface area (Å²) in [4.78, 5) is 4.03. The molecule has 0 atom stereocenters. The molecule has 0 aliphatic heterocycles. The molecule has 0 fully saturated rings. The second-order valence-electron chi connectivity index (χ2n) is 5.86. The molecule has 138 valence electrons. The smallest absolute Gasteiger partial charge is 0.129 e. The highest BCUT2D eigenvalue weighted by molar-refractivity contribution is 5.85. The standard InChI is InChI=1S/C20H22FN3O.ClH/c21-20-8-2-1-6-18(20)15-25-19-7-3-5-17(13-19)14-22-9-4-11-24-12-10-23-16-24;/h1-3,5-8,10,12-13,16,22H,4,9,11,14-15H2;1H. The van der Waals surface area contributed by atoms with Crippen molar-refractivity contribution in [3.63, 3.8) is 0 Å². The summed E-state index contributed by atoms with van der Waals surface area (Å²) in [5.74, 6) is 0.513. The minimum absolute atomic E-state index is 0. The number of hydrogen-bond donors (Lipinski definition) is 1. The Hall–Kier alpha value is -2.37. The van der Waals surface area contributed by atoms with Crippen LogP contribution in [0.5, 0.6) is 5.75 Å². The van der Waals surface area contributed by atoms with Crippen LogP contribution in [0.2, 0.25) is 0 Å². The first kappa shape index (κ1) is 19.9. The van der Waals surface area contributed by atoms with Gasteiger partial charge in [-0.2, -0.15) is 0 Å². The normalized spacial score (nSPS) is 10.3. The third-order valence-electron chi connectivity index (χ3n) is 3.91. The van der Waals surface area contributed by atoms with Crippen molar-refractivity contribution in [2.24, 2.45) is 0 Å². The summed E-state index contributed by atoms with van der Waals surface area (Å²) in [6.45, 7) is 2.90. The van der Waals surface area contributed by atoms with E-state index in [1.165, 1.54) is 6.07 Å². The molecule has 0 saturated heterocycles. The van der Waals surface area contributed by atoms with Gasteiger partial charge in [0.2, 0.25) is 0 Å². The molecule has 6 heteroatoms. The van der Waals surface area contributed by atoms with E-state index in [4.69, 9.17) is 4.74 Å². The van der Waals surface area contributed by atoms with Gasteiger partial charge in [0.15, 0.2) is 0 Å². The Kier molecular flexibility index (Phi) is 8.12. The lowest BCUT2D eigenvalue weighted by molar-refractivity contribution is 0.299. The molecule has 4 nitrogen and oxygen atoms in total. The van der Waals surface area contributed by atoms with Gasteiger partial charge < -0.3 is 14.6 Å². The monoisotopic (exact) mass is 375 g/mol. The fourth-order valence-electron chi connectivity index (χ4n) is 2.56. The minimum Gasteiger partial charge on any atom is -0.489 e. The summed E-state index contributed by atoms with van der Waals surface area (Å²) in [7, 11) is 0. The van der Waals surface area contributed by atoms with E-state index in [1.807, 2.05) is 36.8 Å². The zero-order chi connectivity index (χ0) is 17.3. The van der Waals surface area contributed by atoms with E-state index in [-0.39, 0.29) is 24.8 Å². The van der Waals surface area contributed by atoms with Crippen LogP contribution in [-0.4, -0.2) is 16.1 Å². The van der Waals surface area contributed by atoms with Crippen molar-refractivity contribution in [3.8, 4) is 5.75 Å². The molecule has 0 aliphatic rings. The highest BCUT2D eigenvalue weighted by Gasteiger charge is 2.02. The zero-order valence-corrected chi connectivity index (χ0v) is 15.3. The first-order valence-electron chi connectivity index (χ1n) is 8.43. The lowest BCUT2D eigenvalue weighted by Crippen LogP contribution is -2.16. The molecule has 1 aromatic heterocycles. The summed E-state index contributed by atoms with van der Waals surface area (Å²) in [6.07, 6.45) is 6.63. The fourth-order valence-corrected chi connectivity index (χ4v) is 2.56. The first-order chi connectivity index (χ1) is 12.3. The van der Waals surface area contributed by atoms with Gasteiger partial charge in [-0.25, -0.2) is 9.37 Å². The molecule has 1 N–H and O–H groups in total. The Morgan fingerprint density at radius 2 is 2.00 bits per heavy atom. The van der Waals surface area contributed by atoms with Gasteiger partial charge in [-0.15, -0.1) is 12.4 Å². The number of benzene rings is 2. The van der Waals surface area contributed by atoms with Crippen LogP contribution in [0.25, 0.3) is 0 Å². The molecule has 0 bridgehead atoms. The summed E-state index contributed by atoms with van der Waals surface area (Å²) >= 11 is 0. The predicted molar refractivity (Wildman–Crippen MR) is 103 cm³/mol. The third-order valence-corrected chi connectivity index (χ3v) is 3.91. The lowest BCUT2D eigenvalue weighted by Gasteiger charge is -2.10. The molecule has 0 aliphatic carbocycles. The van der Waals surface area contributed by atoms with E-state index in [0.717, 1.165) is 37.4 Å². The highest BCUT2D eigenvalue weighted by Crippen LogP contribution is 2.16. The van der Waals surface area contributed by atoms with Crippen LogP contribution in [0.4, 0.5) is 4.39 Å². The van der Waals surface area contributed by atoms with E-state index in [0.29, 0.717) is 5.56 Å². The summed E-state index contributed by atoms with van der Waals surface area (Å²) in [6, 6.07) is 14.6. The van der Waals surface area contributed by atoms with E-state index in [1.54, 1.807) is 18.3 Å². The van der Waals surface area contributed by atoms with Gasteiger partial charge in [-0.1, -0.05) is 30.3 Å². The number of imidazole rings is 1. The number of aromatic nitrogens is 2. The number of nitrogens with one attached hydrogen (secondary N) is 1. The van der Waals surface area contributed by atoms with Crippen molar-refractivity contribution in [2.45, 2.75) is 26.1 Å². The average Bonchev–Trinajstić information content (AvgIpc) is 3.15. The van der Waals surface area contributed by atoms with Crippen molar-refractivity contribution in [3.05, 3.63) is 84.2 Å². The Balaban J connectivity index is 0.00000243. The van der Waals surface area contributed by atoms with Crippen molar-refractivity contribution < 1.29 is 9.13 Å². The van der Waals surface area contributed by atoms with Crippen molar-refractivity contribution in [1.82, 2.24) is 14.9 Å². The van der Waals surface area contributed by atoms with Crippen LogP contribution in [0, 0.1) is 5.82 Å². The maximum atomic E-state index is 13.6. The number of aryl methyl sites for hydroxylation is 1. The van der Waals surface area contributed by atoms with Crippen LogP contribution in [0.1, 0.15) is 17.5 Å². The van der Waals surface area contributed by atoms with Gasteiger partial charge in [0, 0.05) is 31.0 Å². The molecule has 0 saturated carbocycles. The molecule has 0 unspecified atom stereocenters. The lowest BCUT2D eigenvalue weighted by atomic mass is 10.2. The first-order valence-corrected chi connectivity index (χ1v) is 8.43. The molecule has 1 heterocycles. The molecule has 3 rings (SSSR count). The molecule has 3 aromatic rings. The molecule has 0 radical (unpaired) electrons. The predicted octanol–water partition coefficient (Wildman–Crippen LogP) is 4.20. The summed E-state index contributed by atoms with van der Waals surface area (Å²) in [5.41, 5.74) is 1.71. The molecular weight excluding hydrogens is 353 g/mol. The van der Waals surface area contributed by atoms with Crippen LogP contribution in [0.15, 0.2) is 67.3 Å². The number of nitrogens with zero attached hydrogens (tertiary/aromatic N) is 2. The summed E-state index contributed by atoms with van der Waals surface area (Å²) < 4.78 is 21.4. The van der Waals surface area contributed by atoms with Crippen LogP contribution >= 0.6 is 12.4 Å². The van der Waals surface area contributed by atoms with Gasteiger partial charge in [0.25, 0.3) is 0 Å². The van der Waals surface area contributed by atoms with Crippen molar-refractivity contribution in [1.29, 1.82) is 0 Å². The fraction of sp³-hybridized carbons (Fsp3) is 0.250. The number of ether oxygens (including phenoxy) is 1. The quantitative estimate of drug-likeness (QED) is 0.569. The van der Waals surface area contributed by atoms with Crippen molar-refractivity contribution in [2.75, 3.05) is 6.54 Å². The van der Waals surface area contributed by atoms with E-state index >= 15 is 0 Å². The molecule has 0 amide bonds. The second-order valence-corrected chi connectivity index (χ2v) is 5.86. The zero-order valence-electron chi connectivity index (χ0n) is 14.5. The Bertz CT molecular complexity index is 780. The van der Waals surface area contributed by atoms with Gasteiger partial charge in [-0.3, -0.25) is 0 Å². The van der Waals surface area contributed by atoms with Gasteiger partial charge in [-0.05, 0) is 36.7 Å². The largest absolute Gasteiger partial charge is 0.489 e. The maximum absolute atomic E-state index is 13.6. The van der Waals surface area contributed by atoms with E-state index < -0.39 is 0 Å². The summed E-state index contributed by atoms with van der Waals surface area (Å²) in [5, 5.41) is 3.42. The van der Waals surface area contributed by atoms with Gasteiger partial charge >= 0.3 is 0 Å². The van der Waals surface area contributed by atoms with Crippen LogP contribution in [-0.2, 0) is 19.7 Å². The second kappa shape index (κ2) is 10.6. The Morgan fingerprint density at radius 3 is 2.81 bits per heavy atom. The van der Waals surface area contributed by atoms with Gasteiger partial charge in [0.1, 0.15) is 18.2 Å². The molecular formula is C20H23ClFN3O. The average molecular weight is 376 g/mol. The number of rotatable bonds is 9. The highest BCUT2D eigenvalue weighted by atomic mass is 35.5. The van der Waals surface area contributed by atoms with Crippen LogP contribution < -0.4 is 10.1 Å². The van der Waals surface area contributed by atoms with E-state index in [9.17, 15) is 4.39 Å². The van der Waals surface area contributed by atoms with Crippen molar-refractivity contribution >= 4 is 12.4 Å². The van der Waals surface area contributed by atoms with E-state index in [2.05, 4.69) is 20.9 Å². The van der Waals surface area contributed by atoms with Gasteiger partial charge in [0.05, 0.1) is 6.33 Å². The maximum Gasteiger partial charge on any atom is 0.129 e. The third kappa shape index (κ3) is 6.17. The SMILES string of the molecule is Cl.Fc1ccccc1COc1cccc(CNCCCn2ccnc2)c1. The molecule has 26 heavy (non-hydrogen) atoms. The number of halogens is 2. The molecule has 0 spiro atoms. The number of hydrogen-bond acceptors (Lipinski definition) is 3. The minimum atomic E-state index is -0.238. The molecule has 2 aromatic carbocycles. The Labute approximate surface area is 159 Å².